The third-order valence-corrected chi connectivity index (χ3v) is 5.99. The van der Waals surface area contributed by atoms with Crippen LogP contribution in [0.1, 0.15) is 29.4 Å². The van der Waals surface area contributed by atoms with E-state index in [-0.39, 0.29) is 5.56 Å². The molecule has 0 unspecified atom stereocenters. The Morgan fingerprint density at radius 3 is 2.39 bits per heavy atom. The van der Waals surface area contributed by atoms with Gasteiger partial charge in [0.2, 0.25) is 0 Å². The number of pyridine rings is 1. The Hall–Kier alpha value is -4.30. The Morgan fingerprint density at radius 2 is 1.64 bits per heavy atom. The summed E-state index contributed by atoms with van der Waals surface area (Å²) in [5.74, 6) is 1.52. The van der Waals surface area contributed by atoms with Crippen molar-refractivity contribution < 1.29 is 4.74 Å². The van der Waals surface area contributed by atoms with Crippen molar-refractivity contribution in [3.05, 3.63) is 118 Å². The highest BCUT2D eigenvalue weighted by Crippen LogP contribution is 2.20. The van der Waals surface area contributed by atoms with Crippen molar-refractivity contribution in [1.29, 1.82) is 0 Å². The van der Waals surface area contributed by atoms with Crippen LogP contribution in [-0.4, -0.2) is 36.7 Å². The third kappa shape index (κ3) is 5.67. The van der Waals surface area contributed by atoms with Gasteiger partial charge in [0.25, 0.3) is 5.56 Å². The summed E-state index contributed by atoms with van der Waals surface area (Å²) >= 11 is 0. The monoisotopic (exact) mass is 480 g/mol. The van der Waals surface area contributed by atoms with Crippen molar-refractivity contribution in [3.63, 3.8) is 0 Å². The zero-order valence-corrected chi connectivity index (χ0v) is 20.2. The molecule has 2 heterocycles. The van der Waals surface area contributed by atoms with Crippen LogP contribution < -0.4 is 10.3 Å². The minimum absolute atomic E-state index is 0.103. The minimum Gasteiger partial charge on any atom is -0.494 e. The van der Waals surface area contributed by atoms with Gasteiger partial charge < -0.3 is 9.72 Å². The van der Waals surface area contributed by atoms with Crippen molar-refractivity contribution in [3.8, 4) is 5.75 Å². The summed E-state index contributed by atoms with van der Waals surface area (Å²) in [5.41, 5.74) is 3.63. The van der Waals surface area contributed by atoms with Crippen LogP contribution >= 0.6 is 0 Å². The van der Waals surface area contributed by atoms with Crippen LogP contribution in [0.5, 0.6) is 5.75 Å². The van der Waals surface area contributed by atoms with E-state index in [1.807, 2.05) is 72.3 Å². The molecule has 1 N–H and O–H groups in total. The van der Waals surface area contributed by atoms with Gasteiger partial charge in [-0.2, -0.15) is 0 Å². The summed E-state index contributed by atoms with van der Waals surface area (Å²) in [7, 11) is 0. The smallest absolute Gasteiger partial charge is 0.252 e. The number of benzene rings is 3. The van der Waals surface area contributed by atoms with E-state index < -0.39 is 0 Å². The quantitative estimate of drug-likeness (QED) is 0.323. The van der Waals surface area contributed by atoms with E-state index in [9.17, 15) is 4.79 Å². The summed E-state index contributed by atoms with van der Waals surface area (Å²) in [5, 5.41) is 13.4. The molecule has 3 aromatic carbocycles. The van der Waals surface area contributed by atoms with Gasteiger partial charge in [0.1, 0.15) is 5.75 Å². The molecule has 36 heavy (non-hydrogen) atoms. The van der Waals surface area contributed by atoms with Crippen molar-refractivity contribution >= 4 is 10.9 Å². The van der Waals surface area contributed by atoms with Gasteiger partial charge in [-0.05, 0) is 52.7 Å². The molecule has 0 aliphatic rings. The summed E-state index contributed by atoms with van der Waals surface area (Å²) in [6.07, 6.45) is 0. The first-order chi connectivity index (χ1) is 17.7. The van der Waals surface area contributed by atoms with E-state index >= 15 is 0 Å². The average Bonchev–Trinajstić information content (AvgIpc) is 3.32. The normalized spacial score (nSPS) is 11.3. The molecule has 182 valence electrons. The number of rotatable bonds is 10. The molecule has 0 saturated carbocycles. The number of nitrogens with zero attached hydrogens (tertiary/aromatic N) is 5. The standard InChI is InChI=1S/C28H28N6O2/c1-2-36-25-13-14-26-23(16-25)15-24(28(35)29-26)19-33(17-21-9-5-3-6-10-21)20-27-30-31-32-34(27)18-22-11-7-4-8-12-22/h3-16H,2,17-20H2,1H3,(H,29,35). The number of aromatic nitrogens is 5. The van der Waals surface area contributed by atoms with Crippen LogP contribution in [0, 0.1) is 0 Å². The van der Waals surface area contributed by atoms with E-state index in [4.69, 9.17) is 4.74 Å². The average molecular weight is 481 g/mol. The maximum atomic E-state index is 13.0. The molecule has 0 spiro atoms. The van der Waals surface area contributed by atoms with Crippen LogP contribution in [0.4, 0.5) is 0 Å². The predicted octanol–water partition coefficient (Wildman–Crippen LogP) is 4.16. The Morgan fingerprint density at radius 1 is 0.889 bits per heavy atom. The van der Waals surface area contributed by atoms with Gasteiger partial charge in [0.15, 0.2) is 5.82 Å². The molecule has 5 aromatic rings. The first kappa shape index (κ1) is 23.4. The number of hydrogen-bond acceptors (Lipinski definition) is 6. The van der Waals surface area contributed by atoms with E-state index in [0.29, 0.717) is 38.3 Å². The molecule has 0 aliphatic heterocycles. The number of nitrogens with one attached hydrogen (secondary N) is 1. The number of hydrogen-bond donors (Lipinski definition) is 1. The van der Waals surface area contributed by atoms with Gasteiger partial charge in [-0.25, -0.2) is 4.68 Å². The van der Waals surface area contributed by atoms with Gasteiger partial charge in [0.05, 0.1) is 19.7 Å². The molecule has 0 amide bonds. The third-order valence-electron chi connectivity index (χ3n) is 5.99. The number of ether oxygens (including phenoxy) is 1. The van der Waals surface area contributed by atoms with Gasteiger partial charge in [-0.3, -0.25) is 9.69 Å². The lowest BCUT2D eigenvalue weighted by molar-refractivity contribution is 0.236. The molecule has 0 atom stereocenters. The minimum atomic E-state index is -0.103. The highest BCUT2D eigenvalue weighted by atomic mass is 16.5. The first-order valence-corrected chi connectivity index (χ1v) is 12.0. The maximum Gasteiger partial charge on any atom is 0.252 e. The fraction of sp³-hybridized carbons (Fsp3) is 0.214. The van der Waals surface area contributed by atoms with E-state index in [1.54, 1.807) is 0 Å². The van der Waals surface area contributed by atoms with E-state index in [1.165, 1.54) is 0 Å². The van der Waals surface area contributed by atoms with Crippen molar-refractivity contribution in [2.75, 3.05) is 6.61 Å². The predicted molar refractivity (Wildman–Crippen MR) is 138 cm³/mol. The zero-order valence-electron chi connectivity index (χ0n) is 20.2. The molecular formula is C28H28N6O2. The van der Waals surface area contributed by atoms with Gasteiger partial charge in [-0.1, -0.05) is 60.7 Å². The molecule has 0 bridgehead atoms. The number of tetrazole rings is 1. The van der Waals surface area contributed by atoms with Crippen molar-refractivity contribution in [2.45, 2.75) is 33.1 Å². The SMILES string of the molecule is CCOc1ccc2[nH]c(=O)c(CN(Cc3ccccc3)Cc3nnnn3Cc3ccccc3)cc2c1. The molecule has 8 nitrogen and oxygen atoms in total. The fourth-order valence-electron chi connectivity index (χ4n) is 4.27. The molecular weight excluding hydrogens is 452 g/mol. The highest BCUT2D eigenvalue weighted by Gasteiger charge is 2.16. The lowest BCUT2D eigenvalue weighted by atomic mass is 10.1. The Balaban J connectivity index is 1.44. The van der Waals surface area contributed by atoms with Gasteiger partial charge in [-0.15, -0.1) is 5.10 Å². The topological polar surface area (TPSA) is 88.9 Å². The fourth-order valence-corrected chi connectivity index (χ4v) is 4.27. The van der Waals surface area contributed by atoms with Gasteiger partial charge >= 0.3 is 0 Å². The van der Waals surface area contributed by atoms with Crippen LogP contribution in [0.25, 0.3) is 10.9 Å². The van der Waals surface area contributed by atoms with E-state index in [2.05, 4.69) is 49.7 Å². The lowest BCUT2D eigenvalue weighted by Crippen LogP contribution is -2.28. The van der Waals surface area contributed by atoms with Crippen molar-refractivity contribution in [2.24, 2.45) is 0 Å². The van der Waals surface area contributed by atoms with Crippen LogP contribution in [-0.2, 0) is 26.2 Å². The Bertz CT molecular complexity index is 1480. The molecule has 0 fully saturated rings. The second kappa shape index (κ2) is 11.0. The maximum absolute atomic E-state index is 13.0. The largest absolute Gasteiger partial charge is 0.494 e. The van der Waals surface area contributed by atoms with E-state index in [0.717, 1.165) is 33.6 Å². The first-order valence-electron chi connectivity index (χ1n) is 12.0. The molecule has 2 aromatic heterocycles. The zero-order chi connectivity index (χ0) is 24.7. The van der Waals surface area contributed by atoms with Crippen molar-refractivity contribution in [1.82, 2.24) is 30.1 Å². The molecule has 0 radical (unpaired) electrons. The number of aromatic amines is 1. The molecule has 0 saturated heterocycles. The highest BCUT2D eigenvalue weighted by molar-refractivity contribution is 5.80. The lowest BCUT2D eigenvalue weighted by Gasteiger charge is -2.22. The number of fused-ring (bicyclic) bond motifs is 1. The Labute approximate surface area is 209 Å². The summed E-state index contributed by atoms with van der Waals surface area (Å²) in [6, 6.07) is 28.0. The Kier molecular flexibility index (Phi) is 7.14. The molecule has 0 aliphatic carbocycles. The number of H-pyrrole nitrogens is 1. The van der Waals surface area contributed by atoms with Crippen LogP contribution in [0.15, 0.2) is 89.7 Å². The van der Waals surface area contributed by atoms with Crippen LogP contribution in [0.3, 0.4) is 0 Å². The second-order valence-corrected chi connectivity index (χ2v) is 8.67. The molecule has 8 heteroatoms. The van der Waals surface area contributed by atoms with Gasteiger partial charge in [0, 0.05) is 29.6 Å². The van der Waals surface area contributed by atoms with Crippen LogP contribution in [0.2, 0.25) is 0 Å². The summed E-state index contributed by atoms with van der Waals surface area (Å²) in [4.78, 5) is 18.2. The summed E-state index contributed by atoms with van der Waals surface area (Å²) < 4.78 is 7.46. The summed E-state index contributed by atoms with van der Waals surface area (Å²) in [6.45, 7) is 4.71. The second-order valence-electron chi connectivity index (χ2n) is 8.67. The molecule has 5 rings (SSSR count).